The van der Waals surface area contributed by atoms with Crippen LogP contribution in [0.2, 0.25) is 0 Å². The largest absolute Gasteiger partial charge is 0.497 e. The van der Waals surface area contributed by atoms with E-state index in [-0.39, 0.29) is 5.91 Å². The van der Waals surface area contributed by atoms with Crippen LogP contribution in [0.3, 0.4) is 0 Å². The zero-order valence-corrected chi connectivity index (χ0v) is 16.0. The summed E-state index contributed by atoms with van der Waals surface area (Å²) in [6.07, 6.45) is 2.26. The van der Waals surface area contributed by atoms with Crippen molar-refractivity contribution >= 4 is 17.7 Å². The van der Waals surface area contributed by atoms with Crippen molar-refractivity contribution in [3.63, 3.8) is 0 Å². The molecule has 1 amide bonds. The Balaban J connectivity index is 1.64. The van der Waals surface area contributed by atoms with Crippen molar-refractivity contribution in [3.05, 3.63) is 18.2 Å². The van der Waals surface area contributed by atoms with Crippen LogP contribution in [0, 0.1) is 5.92 Å². The lowest BCUT2D eigenvalue weighted by Gasteiger charge is -2.30. The van der Waals surface area contributed by atoms with E-state index in [1.54, 1.807) is 32.4 Å². The summed E-state index contributed by atoms with van der Waals surface area (Å²) in [6, 6.07) is 5.36. The maximum atomic E-state index is 12.3. The molecule has 1 aliphatic rings. The van der Waals surface area contributed by atoms with Gasteiger partial charge in [-0.1, -0.05) is 18.7 Å². The van der Waals surface area contributed by atoms with Gasteiger partial charge in [0.25, 0.3) is 11.1 Å². The highest BCUT2D eigenvalue weighted by Gasteiger charge is 2.22. The maximum absolute atomic E-state index is 12.3. The van der Waals surface area contributed by atoms with Crippen LogP contribution in [0.4, 0.5) is 0 Å². The van der Waals surface area contributed by atoms with E-state index in [1.807, 2.05) is 4.90 Å². The van der Waals surface area contributed by atoms with Crippen LogP contribution in [0.25, 0.3) is 11.5 Å². The van der Waals surface area contributed by atoms with Crippen molar-refractivity contribution in [1.82, 2.24) is 15.1 Å². The van der Waals surface area contributed by atoms with E-state index < -0.39 is 0 Å². The number of thioether (sulfide) groups is 1. The van der Waals surface area contributed by atoms with Crippen molar-refractivity contribution in [1.29, 1.82) is 0 Å². The number of ether oxygens (including phenoxy) is 2. The summed E-state index contributed by atoms with van der Waals surface area (Å²) in [5.41, 5.74) is 0.684. The minimum Gasteiger partial charge on any atom is -0.497 e. The molecule has 2 aromatic rings. The van der Waals surface area contributed by atoms with Crippen LogP contribution >= 0.6 is 11.8 Å². The highest BCUT2D eigenvalue weighted by atomic mass is 32.2. The average Bonchev–Trinajstić information content (AvgIpc) is 3.14. The van der Waals surface area contributed by atoms with Gasteiger partial charge in [0.2, 0.25) is 5.91 Å². The molecule has 0 bridgehead atoms. The third-order valence-electron chi connectivity index (χ3n) is 4.37. The Morgan fingerprint density at radius 2 is 2.19 bits per heavy atom. The lowest BCUT2D eigenvalue weighted by molar-refractivity contribution is -0.130. The summed E-state index contributed by atoms with van der Waals surface area (Å²) < 4.78 is 16.2. The second-order valence-corrected chi connectivity index (χ2v) is 7.24. The van der Waals surface area contributed by atoms with Gasteiger partial charge in [0, 0.05) is 19.2 Å². The molecule has 0 spiro atoms. The first-order chi connectivity index (χ1) is 12.6. The number of likely N-dealkylation sites (tertiary alicyclic amines) is 1. The molecule has 1 fully saturated rings. The molecule has 0 unspecified atom stereocenters. The van der Waals surface area contributed by atoms with Gasteiger partial charge < -0.3 is 18.8 Å². The molecule has 0 N–H and O–H groups in total. The van der Waals surface area contributed by atoms with Crippen LogP contribution in [0.1, 0.15) is 19.8 Å². The molecule has 1 saturated heterocycles. The molecule has 1 atom stereocenters. The fourth-order valence-corrected chi connectivity index (χ4v) is 3.65. The quantitative estimate of drug-likeness (QED) is 0.716. The van der Waals surface area contributed by atoms with Crippen LogP contribution in [-0.2, 0) is 4.79 Å². The maximum Gasteiger partial charge on any atom is 0.277 e. The number of hydrogen-bond acceptors (Lipinski definition) is 7. The number of benzene rings is 1. The Bertz CT molecular complexity index is 765. The third kappa shape index (κ3) is 4.30. The molecule has 8 heteroatoms. The number of carbonyl (C=O) groups is 1. The predicted molar refractivity (Wildman–Crippen MR) is 98.5 cm³/mol. The third-order valence-corrected chi connectivity index (χ3v) is 5.18. The molecule has 26 heavy (non-hydrogen) atoms. The Labute approximate surface area is 157 Å². The van der Waals surface area contributed by atoms with Crippen molar-refractivity contribution in [2.75, 3.05) is 33.1 Å². The summed E-state index contributed by atoms with van der Waals surface area (Å²) in [7, 11) is 3.17. The van der Waals surface area contributed by atoms with E-state index in [9.17, 15) is 4.79 Å². The van der Waals surface area contributed by atoms with Crippen molar-refractivity contribution in [2.45, 2.75) is 25.0 Å². The molecule has 1 aromatic carbocycles. The lowest BCUT2D eigenvalue weighted by Crippen LogP contribution is -2.40. The predicted octanol–water partition coefficient (Wildman–Crippen LogP) is 3.10. The Morgan fingerprint density at radius 3 is 2.92 bits per heavy atom. The van der Waals surface area contributed by atoms with Gasteiger partial charge in [-0.25, -0.2) is 0 Å². The first-order valence-corrected chi connectivity index (χ1v) is 9.55. The number of methoxy groups -OCH3 is 2. The van der Waals surface area contributed by atoms with Crippen molar-refractivity contribution in [2.24, 2.45) is 5.92 Å². The molecule has 140 valence electrons. The number of hydrogen-bond donors (Lipinski definition) is 0. The first-order valence-electron chi connectivity index (χ1n) is 8.57. The number of rotatable bonds is 6. The molecule has 3 rings (SSSR count). The number of amides is 1. The molecule has 1 aliphatic heterocycles. The monoisotopic (exact) mass is 377 g/mol. The number of carbonyl (C=O) groups excluding carboxylic acids is 1. The van der Waals surface area contributed by atoms with Gasteiger partial charge in [0.05, 0.1) is 25.5 Å². The summed E-state index contributed by atoms with van der Waals surface area (Å²) >= 11 is 1.26. The minimum atomic E-state index is 0.114. The van der Waals surface area contributed by atoms with Crippen LogP contribution in [-0.4, -0.2) is 54.1 Å². The molecule has 0 aliphatic carbocycles. The van der Waals surface area contributed by atoms with Crippen molar-refractivity contribution < 1.29 is 18.7 Å². The number of piperidine rings is 1. The zero-order chi connectivity index (χ0) is 18.5. The Hall–Kier alpha value is -2.22. The highest BCUT2D eigenvalue weighted by Crippen LogP contribution is 2.33. The van der Waals surface area contributed by atoms with E-state index in [2.05, 4.69) is 17.1 Å². The summed E-state index contributed by atoms with van der Waals surface area (Å²) in [5, 5.41) is 8.47. The Morgan fingerprint density at radius 1 is 1.35 bits per heavy atom. The van der Waals surface area contributed by atoms with Crippen LogP contribution < -0.4 is 9.47 Å². The minimum absolute atomic E-state index is 0.114. The van der Waals surface area contributed by atoms with Gasteiger partial charge in [0.15, 0.2) is 0 Å². The van der Waals surface area contributed by atoms with Gasteiger partial charge in [-0.15, -0.1) is 10.2 Å². The first kappa shape index (κ1) is 18.6. The molecule has 0 saturated carbocycles. The number of nitrogens with zero attached hydrogens (tertiary/aromatic N) is 3. The van der Waals surface area contributed by atoms with Crippen LogP contribution in [0.15, 0.2) is 27.8 Å². The van der Waals surface area contributed by atoms with Gasteiger partial charge in [0.1, 0.15) is 11.5 Å². The highest BCUT2D eigenvalue weighted by molar-refractivity contribution is 7.99. The summed E-state index contributed by atoms with van der Waals surface area (Å²) in [5.74, 6) is 2.60. The second kappa shape index (κ2) is 8.44. The van der Waals surface area contributed by atoms with E-state index >= 15 is 0 Å². The normalized spacial score (nSPS) is 17.2. The van der Waals surface area contributed by atoms with E-state index in [1.165, 1.54) is 18.2 Å². The summed E-state index contributed by atoms with van der Waals surface area (Å²) in [6.45, 7) is 3.85. The van der Waals surface area contributed by atoms with Crippen molar-refractivity contribution in [3.8, 4) is 23.0 Å². The standard InChI is InChI=1S/C18H23N3O4S/c1-12-5-4-8-21(10-12)16(22)11-26-18-20-19-17(25-18)14-7-6-13(23-2)9-15(14)24-3/h6-7,9,12H,4-5,8,10-11H2,1-3H3/t12-/m1/s1. The fraction of sp³-hybridized carbons (Fsp3) is 0.500. The smallest absolute Gasteiger partial charge is 0.277 e. The topological polar surface area (TPSA) is 77.7 Å². The van der Waals surface area contributed by atoms with E-state index in [0.29, 0.717) is 39.8 Å². The fourth-order valence-electron chi connectivity index (χ4n) is 2.98. The molecule has 2 heterocycles. The van der Waals surface area contributed by atoms with Gasteiger partial charge >= 0.3 is 0 Å². The molecular formula is C18H23N3O4S. The Kier molecular flexibility index (Phi) is 6.03. The van der Waals surface area contributed by atoms with Gasteiger partial charge in [-0.2, -0.15) is 0 Å². The zero-order valence-electron chi connectivity index (χ0n) is 15.2. The molecule has 1 aromatic heterocycles. The molecule has 0 radical (unpaired) electrons. The average molecular weight is 377 g/mol. The molecule has 7 nitrogen and oxygen atoms in total. The van der Waals surface area contributed by atoms with E-state index in [4.69, 9.17) is 13.9 Å². The molecular weight excluding hydrogens is 354 g/mol. The SMILES string of the molecule is COc1ccc(-c2nnc(SCC(=O)N3CCC[C@@H](C)C3)o2)c(OC)c1. The second-order valence-electron chi connectivity index (χ2n) is 6.32. The van der Waals surface area contributed by atoms with E-state index in [0.717, 1.165) is 19.5 Å². The van der Waals surface area contributed by atoms with Crippen LogP contribution in [0.5, 0.6) is 11.5 Å². The van der Waals surface area contributed by atoms with Gasteiger partial charge in [-0.05, 0) is 30.9 Å². The van der Waals surface area contributed by atoms with Gasteiger partial charge in [-0.3, -0.25) is 4.79 Å². The lowest BCUT2D eigenvalue weighted by atomic mass is 10.0. The number of aromatic nitrogens is 2. The summed E-state index contributed by atoms with van der Waals surface area (Å²) in [4.78, 5) is 14.3.